The highest BCUT2D eigenvalue weighted by molar-refractivity contribution is 6.11. The fourth-order valence-corrected chi connectivity index (χ4v) is 6.39. The van der Waals surface area contributed by atoms with E-state index in [0.717, 1.165) is 34.7 Å². The molecular weight excluding hydrogens is 488 g/mol. The Morgan fingerprint density at radius 2 is 1.32 bits per heavy atom. The Bertz CT molecular complexity index is 2090. The number of nitrogens with zero attached hydrogens (tertiary/aromatic N) is 1. The van der Waals surface area contributed by atoms with Crippen LogP contribution in [-0.2, 0) is 0 Å². The van der Waals surface area contributed by atoms with Gasteiger partial charge in [-0.3, -0.25) is 0 Å². The molecule has 1 aliphatic carbocycles. The average molecular weight is 517 g/mol. The van der Waals surface area contributed by atoms with E-state index in [2.05, 4.69) is 121 Å². The highest BCUT2D eigenvalue weighted by Crippen LogP contribution is 2.42. The zero-order valence-corrected chi connectivity index (χ0v) is 22.3. The van der Waals surface area contributed by atoms with Crippen molar-refractivity contribution in [3.8, 4) is 27.9 Å². The molecule has 7 aromatic rings. The second-order valence-corrected chi connectivity index (χ2v) is 10.9. The van der Waals surface area contributed by atoms with Crippen molar-refractivity contribution in [2.45, 2.75) is 19.3 Å². The highest BCUT2D eigenvalue weighted by Gasteiger charge is 2.23. The number of hydrogen-bond acceptors (Lipinski definition) is 2. The van der Waals surface area contributed by atoms with Crippen molar-refractivity contribution >= 4 is 44.5 Å². The quantitative estimate of drug-likeness (QED) is 0.237. The number of hydrogen-bond donors (Lipinski definition) is 1. The molecule has 40 heavy (non-hydrogen) atoms. The van der Waals surface area contributed by atoms with E-state index >= 15 is 0 Å². The average Bonchev–Trinajstić information content (AvgIpc) is 3.54. The first-order valence-electron chi connectivity index (χ1n) is 13.9. The summed E-state index contributed by atoms with van der Waals surface area (Å²) in [4.78, 5) is 0. The van der Waals surface area contributed by atoms with Gasteiger partial charge in [0.15, 0.2) is 5.58 Å². The summed E-state index contributed by atoms with van der Waals surface area (Å²) >= 11 is 0. The van der Waals surface area contributed by atoms with Crippen LogP contribution < -0.4 is 5.73 Å². The van der Waals surface area contributed by atoms with Gasteiger partial charge in [0.1, 0.15) is 5.76 Å². The van der Waals surface area contributed by atoms with Crippen LogP contribution in [0.15, 0.2) is 120 Å². The van der Waals surface area contributed by atoms with E-state index in [4.69, 9.17) is 10.2 Å². The fraction of sp³-hybridized carbons (Fsp3) is 0.0811. The predicted molar refractivity (Wildman–Crippen MR) is 168 cm³/mol. The Labute approximate surface area is 232 Å². The maximum Gasteiger partial charge on any atom is 0.159 e. The van der Waals surface area contributed by atoms with Crippen molar-refractivity contribution in [3.63, 3.8) is 0 Å². The molecule has 8 rings (SSSR count). The third kappa shape index (κ3) is 3.44. The number of nitrogen functional groups attached to an aromatic ring is 1. The molecule has 1 atom stereocenters. The summed E-state index contributed by atoms with van der Waals surface area (Å²) in [6, 6.07) is 38.8. The van der Waals surface area contributed by atoms with Crippen LogP contribution in [0.5, 0.6) is 0 Å². The summed E-state index contributed by atoms with van der Waals surface area (Å²) < 4.78 is 8.91. The zero-order valence-electron chi connectivity index (χ0n) is 22.3. The van der Waals surface area contributed by atoms with Gasteiger partial charge in [0.2, 0.25) is 0 Å². The molecule has 0 fully saturated rings. The Hall–Kier alpha value is -5.02. The van der Waals surface area contributed by atoms with E-state index in [1.54, 1.807) is 0 Å². The van der Waals surface area contributed by atoms with Crippen LogP contribution in [0.1, 0.15) is 30.6 Å². The molecular formula is C37H28N2O. The molecule has 0 saturated carbocycles. The predicted octanol–water partition coefficient (Wildman–Crippen LogP) is 9.97. The summed E-state index contributed by atoms with van der Waals surface area (Å²) in [6.07, 6.45) is 5.40. The molecule has 2 N–H and O–H groups in total. The van der Waals surface area contributed by atoms with Gasteiger partial charge in [-0.15, -0.1) is 0 Å². The number of rotatable bonds is 3. The number of anilines is 1. The molecule has 0 radical (unpaired) electrons. The number of nitrogens with two attached hydrogens (primary N) is 1. The standard InChI is InChI=1S/C37H28N2O/c1-23-6-4-11-35-36(23)30-8-5-10-34(37(30)40-35)39-32-9-3-2-7-29(32)31-22-27(18-21-33(31)39)26-14-12-24(13-15-26)25-16-19-28(38)20-17-25/h2-5,7-23H,6,38H2,1H3. The molecule has 0 saturated heterocycles. The molecule has 2 heterocycles. The molecule has 1 aliphatic rings. The van der Waals surface area contributed by atoms with Gasteiger partial charge >= 0.3 is 0 Å². The molecule has 1 unspecified atom stereocenters. The molecule has 3 heteroatoms. The van der Waals surface area contributed by atoms with Gasteiger partial charge in [0.25, 0.3) is 0 Å². The normalized spacial score (nSPS) is 14.8. The van der Waals surface area contributed by atoms with Gasteiger partial charge in [-0.25, -0.2) is 0 Å². The van der Waals surface area contributed by atoms with Crippen LogP contribution in [0, 0.1) is 0 Å². The van der Waals surface area contributed by atoms with Crippen molar-refractivity contribution in [2.24, 2.45) is 0 Å². The number of benzene rings is 5. The van der Waals surface area contributed by atoms with E-state index in [1.165, 1.54) is 49.4 Å². The summed E-state index contributed by atoms with van der Waals surface area (Å²) in [6.45, 7) is 2.29. The second-order valence-electron chi connectivity index (χ2n) is 10.9. The lowest BCUT2D eigenvalue weighted by molar-refractivity contribution is 0.585. The molecule has 0 bridgehead atoms. The maximum atomic E-state index is 6.55. The zero-order chi connectivity index (χ0) is 26.8. The van der Waals surface area contributed by atoms with Gasteiger partial charge < -0.3 is 14.7 Å². The minimum Gasteiger partial charge on any atom is -0.454 e. The van der Waals surface area contributed by atoms with Crippen molar-refractivity contribution < 1.29 is 4.42 Å². The Morgan fingerprint density at radius 1 is 0.675 bits per heavy atom. The van der Waals surface area contributed by atoms with Crippen LogP contribution >= 0.6 is 0 Å². The van der Waals surface area contributed by atoms with Gasteiger partial charge in [-0.05, 0) is 77.1 Å². The van der Waals surface area contributed by atoms with E-state index in [-0.39, 0.29) is 0 Å². The lowest BCUT2D eigenvalue weighted by atomic mass is 9.91. The van der Waals surface area contributed by atoms with E-state index in [9.17, 15) is 0 Å². The van der Waals surface area contributed by atoms with Crippen LogP contribution in [-0.4, -0.2) is 4.57 Å². The lowest BCUT2D eigenvalue weighted by Gasteiger charge is -2.12. The molecule has 3 nitrogen and oxygen atoms in total. The van der Waals surface area contributed by atoms with Gasteiger partial charge in [-0.1, -0.05) is 85.8 Å². The summed E-state index contributed by atoms with van der Waals surface area (Å²) in [5.41, 5.74) is 17.1. The number of para-hydroxylation sites is 2. The van der Waals surface area contributed by atoms with Crippen LogP contribution in [0.2, 0.25) is 0 Å². The van der Waals surface area contributed by atoms with Gasteiger partial charge in [-0.2, -0.15) is 0 Å². The first-order chi connectivity index (χ1) is 19.7. The van der Waals surface area contributed by atoms with E-state index in [0.29, 0.717) is 5.92 Å². The van der Waals surface area contributed by atoms with Crippen molar-refractivity contribution in [2.75, 3.05) is 5.73 Å². The molecule has 0 amide bonds. The molecule has 2 aromatic heterocycles. The third-order valence-electron chi connectivity index (χ3n) is 8.39. The summed E-state index contributed by atoms with van der Waals surface area (Å²) in [5, 5.41) is 3.69. The third-order valence-corrected chi connectivity index (χ3v) is 8.39. The first-order valence-corrected chi connectivity index (χ1v) is 13.9. The van der Waals surface area contributed by atoms with Crippen molar-refractivity contribution in [1.29, 1.82) is 0 Å². The maximum absolute atomic E-state index is 6.55. The van der Waals surface area contributed by atoms with Crippen LogP contribution in [0.25, 0.3) is 66.8 Å². The topological polar surface area (TPSA) is 44.1 Å². The van der Waals surface area contributed by atoms with Gasteiger partial charge in [0.05, 0.1) is 16.7 Å². The number of fused-ring (bicyclic) bond motifs is 6. The lowest BCUT2D eigenvalue weighted by Crippen LogP contribution is -1.97. The molecule has 0 spiro atoms. The van der Waals surface area contributed by atoms with Crippen LogP contribution in [0.3, 0.4) is 0 Å². The first kappa shape index (κ1) is 22.9. The number of allylic oxidation sites excluding steroid dienone is 1. The van der Waals surface area contributed by atoms with Crippen LogP contribution in [0.4, 0.5) is 5.69 Å². The molecule has 5 aromatic carbocycles. The Kier molecular flexibility index (Phi) is 5.02. The number of aromatic nitrogens is 1. The van der Waals surface area contributed by atoms with Gasteiger partial charge in [0, 0.05) is 27.4 Å². The van der Waals surface area contributed by atoms with Crippen molar-refractivity contribution in [3.05, 3.63) is 127 Å². The van der Waals surface area contributed by atoms with E-state index in [1.807, 2.05) is 12.1 Å². The highest BCUT2D eigenvalue weighted by atomic mass is 16.3. The summed E-state index contributed by atoms with van der Waals surface area (Å²) in [5.74, 6) is 1.44. The summed E-state index contributed by atoms with van der Waals surface area (Å²) in [7, 11) is 0. The Balaban J connectivity index is 1.29. The molecule has 192 valence electrons. The Morgan fingerprint density at radius 3 is 2.12 bits per heavy atom. The fourth-order valence-electron chi connectivity index (χ4n) is 6.39. The minimum atomic E-state index is 0.448. The largest absolute Gasteiger partial charge is 0.454 e. The minimum absolute atomic E-state index is 0.448. The van der Waals surface area contributed by atoms with E-state index < -0.39 is 0 Å². The van der Waals surface area contributed by atoms with Crippen molar-refractivity contribution in [1.82, 2.24) is 4.57 Å². The number of furan rings is 1. The smallest absolute Gasteiger partial charge is 0.159 e. The SMILES string of the molecule is CC1CC=Cc2oc3c(-n4c5ccccc5c5cc(-c6ccc(-c7ccc(N)cc7)cc6)ccc54)cccc3c21. The second kappa shape index (κ2) is 8.75. The monoisotopic (exact) mass is 516 g/mol. The molecule has 0 aliphatic heterocycles.